The monoisotopic (exact) mass is 289 g/mol. The Morgan fingerprint density at radius 3 is 2.80 bits per heavy atom. The molecule has 0 saturated carbocycles. The van der Waals surface area contributed by atoms with Crippen LogP contribution in [-0.2, 0) is 10.9 Å². The Morgan fingerprint density at radius 2 is 2.20 bits per heavy atom. The number of nitrogens with one attached hydrogen (secondary N) is 1. The second-order valence-electron chi connectivity index (χ2n) is 4.89. The van der Waals surface area contributed by atoms with Crippen LogP contribution in [0, 0.1) is 5.92 Å². The maximum Gasteiger partial charge on any atom is 0.416 e. The summed E-state index contributed by atoms with van der Waals surface area (Å²) in [5.74, 6) is 0.485. The van der Waals surface area contributed by atoms with Crippen LogP contribution >= 0.6 is 0 Å². The molecule has 1 aromatic rings. The fourth-order valence-corrected chi connectivity index (χ4v) is 2.35. The first kappa shape index (κ1) is 15.1. The zero-order chi connectivity index (χ0) is 14.6. The van der Waals surface area contributed by atoms with Gasteiger partial charge in [0, 0.05) is 19.6 Å². The summed E-state index contributed by atoms with van der Waals surface area (Å²) in [6.45, 7) is 2.06. The van der Waals surface area contributed by atoms with Crippen LogP contribution in [0.1, 0.15) is 12.0 Å². The van der Waals surface area contributed by atoms with Crippen molar-refractivity contribution in [3.63, 3.8) is 0 Å². The number of benzene rings is 1. The Kier molecular flexibility index (Phi) is 4.88. The highest BCUT2D eigenvalue weighted by Gasteiger charge is 2.31. The molecule has 0 bridgehead atoms. The summed E-state index contributed by atoms with van der Waals surface area (Å²) in [6.07, 6.45) is -3.66. The second kappa shape index (κ2) is 6.45. The highest BCUT2D eigenvalue weighted by atomic mass is 19.4. The summed E-state index contributed by atoms with van der Waals surface area (Å²) in [5, 5.41) is 3.22. The van der Waals surface area contributed by atoms with Gasteiger partial charge in [0.15, 0.2) is 0 Å². The molecule has 1 N–H and O–H groups in total. The van der Waals surface area contributed by atoms with E-state index in [0.29, 0.717) is 6.61 Å². The predicted octanol–water partition coefficient (Wildman–Crippen LogP) is 2.71. The molecule has 1 unspecified atom stereocenters. The molecule has 0 spiro atoms. The summed E-state index contributed by atoms with van der Waals surface area (Å²) >= 11 is 0. The van der Waals surface area contributed by atoms with Crippen LogP contribution in [0.2, 0.25) is 0 Å². The molecule has 6 heteroatoms. The number of alkyl halides is 3. The Morgan fingerprint density at radius 1 is 1.40 bits per heavy atom. The van der Waals surface area contributed by atoms with Crippen LogP contribution < -0.4 is 10.1 Å². The van der Waals surface area contributed by atoms with Gasteiger partial charge in [0.25, 0.3) is 0 Å². The number of hydrogen-bond acceptors (Lipinski definition) is 3. The molecule has 0 aromatic heterocycles. The van der Waals surface area contributed by atoms with Gasteiger partial charge in [-0.1, -0.05) is 6.07 Å². The lowest BCUT2D eigenvalue weighted by Gasteiger charge is -2.24. The summed E-state index contributed by atoms with van der Waals surface area (Å²) in [6, 6.07) is 4.97. The van der Waals surface area contributed by atoms with Crippen molar-refractivity contribution in [1.82, 2.24) is 5.32 Å². The Bertz CT molecular complexity index is 431. The topological polar surface area (TPSA) is 30.5 Å². The molecule has 1 fully saturated rings. The van der Waals surface area contributed by atoms with E-state index in [1.54, 1.807) is 13.2 Å². The van der Waals surface area contributed by atoms with E-state index < -0.39 is 11.7 Å². The van der Waals surface area contributed by atoms with Gasteiger partial charge in [0.2, 0.25) is 0 Å². The Labute approximate surface area is 116 Å². The number of ether oxygens (including phenoxy) is 2. The van der Waals surface area contributed by atoms with Crippen molar-refractivity contribution >= 4 is 0 Å². The average molecular weight is 289 g/mol. The van der Waals surface area contributed by atoms with Crippen molar-refractivity contribution in [2.75, 3.05) is 26.8 Å². The number of methoxy groups -OCH3 is 1. The molecule has 20 heavy (non-hydrogen) atoms. The lowest BCUT2D eigenvalue weighted by Crippen LogP contribution is -2.33. The smallest absolute Gasteiger partial charge is 0.416 e. The molecule has 1 heterocycles. The fourth-order valence-electron chi connectivity index (χ4n) is 2.35. The van der Waals surface area contributed by atoms with E-state index in [0.717, 1.165) is 31.6 Å². The molecule has 1 aromatic carbocycles. The summed E-state index contributed by atoms with van der Waals surface area (Å²) in [7, 11) is 1.56. The molecule has 3 nitrogen and oxygen atoms in total. The van der Waals surface area contributed by atoms with Crippen molar-refractivity contribution in [2.24, 2.45) is 5.92 Å². The quantitative estimate of drug-likeness (QED) is 0.904. The second-order valence-corrected chi connectivity index (χ2v) is 4.89. The van der Waals surface area contributed by atoms with Crippen LogP contribution in [0.25, 0.3) is 0 Å². The van der Waals surface area contributed by atoms with Crippen molar-refractivity contribution in [3.05, 3.63) is 29.8 Å². The van der Waals surface area contributed by atoms with Gasteiger partial charge < -0.3 is 14.8 Å². The number of hydrogen-bond donors (Lipinski definition) is 1. The van der Waals surface area contributed by atoms with Crippen molar-refractivity contribution in [2.45, 2.75) is 18.7 Å². The maximum absolute atomic E-state index is 12.7. The first-order valence-electron chi connectivity index (χ1n) is 6.54. The van der Waals surface area contributed by atoms with Crippen molar-refractivity contribution < 1.29 is 22.6 Å². The molecule has 112 valence electrons. The van der Waals surface area contributed by atoms with Crippen LogP contribution in [0.15, 0.2) is 24.3 Å². The van der Waals surface area contributed by atoms with Gasteiger partial charge in [0.1, 0.15) is 11.9 Å². The molecule has 0 amide bonds. The lowest BCUT2D eigenvalue weighted by atomic mass is 10.0. The fraction of sp³-hybridized carbons (Fsp3) is 0.571. The van der Waals surface area contributed by atoms with Crippen LogP contribution in [0.4, 0.5) is 13.2 Å². The molecule has 0 radical (unpaired) electrons. The van der Waals surface area contributed by atoms with Gasteiger partial charge >= 0.3 is 6.18 Å². The Hall–Kier alpha value is -1.27. The SMILES string of the molecule is COC[C@H](Oc1cccc(C(F)(F)F)c1)C1CCNC1. The van der Waals surface area contributed by atoms with E-state index in [-0.39, 0.29) is 17.8 Å². The standard InChI is InChI=1S/C14H18F3NO2/c1-19-9-13(10-5-6-18-8-10)20-12-4-2-3-11(7-12)14(15,16)17/h2-4,7,10,13,18H,5-6,8-9H2,1H3/t10?,13-/m0/s1. The molecule has 2 rings (SSSR count). The van der Waals surface area contributed by atoms with Crippen LogP contribution in [0.5, 0.6) is 5.75 Å². The minimum absolute atomic E-state index is 0.230. The van der Waals surface area contributed by atoms with Gasteiger partial charge in [-0.15, -0.1) is 0 Å². The molecule has 0 aliphatic carbocycles. The third kappa shape index (κ3) is 3.86. The molecular formula is C14H18F3NO2. The lowest BCUT2D eigenvalue weighted by molar-refractivity contribution is -0.137. The summed E-state index contributed by atoms with van der Waals surface area (Å²) in [4.78, 5) is 0. The highest BCUT2D eigenvalue weighted by Crippen LogP contribution is 2.32. The van der Waals surface area contributed by atoms with Crippen molar-refractivity contribution in [1.29, 1.82) is 0 Å². The van der Waals surface area contributed by atoms with E-state index in [4.69, 9.17) is 9.47 Å². The molecule has 1 aliphatic rings. The van der Waals surface area contributed by atoms with Gasteiger partial charge in [0.05, 0.1) is 12.2 Å². The van der Waals surface area contributed by atoms with E-state index in [1.165, 1.54) is 6.07 Å². The molecule has 1 aliphatic heterocycles. The van der Waals surface area contributed by atoms with E-state index in [9.17, 15) is 13.2 Å². The van der Waals surface area contributed by atoms with Crippen LogP contribution in [0.3, 0.4) is 0 Å². The van der Waals surface area contributed by atoms with Gasteiger partial charge in [-0.25, -0.2) is 0 Å². The maximum atomic E-state index is 12.7. The first-order valence-corrected chi connectivity index (χ1v) is 6.54. The highest BCUT2D eigenvalue weighted by molar-refractivity contribution is 5.30. The largest absolute Gasteiger partial charge is 0.488 e. The van der Waals surface area contributed by atoms with Gasteiger partial charge in [-0.3, -0.25) is 0 Å². The molecule has 1 saturated heterocycles. The first-order chi connectivity index (χ1) is 9.50. The van der Waals surface area contributed by atoms with E-state index in [2.05, 4.69) is 5.32 Å². The molecule has 2 atom stereocenters. The molecular weight excluding hydrogens is 271 g/mol. The normalized spacial score (nSPS) is 20.9. The van der Waals surface area contributed by atoms with Crippen molar-refractivity contribution in [3.8, 4) is 5.75 Å². The van der Waals surface area contributed by atoms with Gasteiger partial charge in [-0.05, 0) is 31.2 Å². The Balaban J connectivity index is 2.09. The van der Waals surface area contributed by atoms with E-state index in [1.807, 2.05) is 0 Å². The van der Waals surface area contributed by atoms with E-state index >= 15 is 0 Å². The zero-order valence-corrected chi connectivity index (χ0v) is 11.2. The number of rotatable bonds is 5. The summed E-state index contributed by atoms with van der Waals surface area (Å²) in [5.41, 5.74) is -0.698. The number of halogens is 3. The zero-order valence-electron chi connectivity index (χ0n) is 11.2. The third-order valence-electron chi connectivity index (χ3n) is 3.40. The summed E-state index contributed by atoms with van der Waals surface area (Å²) < 4.78 is 48.8. The third-order valence-corrected chi connectivity index (χ3v) is 3.40. The van der Waals surface area contributed by atoms with Gasteiger partial charge in [-0.2, -0.15) is 13.2 Å². The minimum Gasteiger partial charge on any atom is -0.488 e. The predicted molar refractivity (Wildman–Crippen MR) is 68.7 cm³/mol. The average Bonchev–Trinajstić information content (AvgIpc) is 2.91. The van der Waals surface area contributed by atoms with Crippen LogP contribution in [-0.4, -0.2) is 32.9 Å². The minimum atomic E-state index is -4.36.